The van der Waals surface area contributed by atoms with Crippen molar-refractivity contribution in [2.75, 3.05) is 11.0 Å². The number of nitrogens with one attached hydrogen (secondary N) is 3. The van der Waals surface area contributed by atoms with E-state index < -0.39 is 132 Å². The molecule has 10 rings (SSSR count). The number of anilines is 1. The summed E-state index contributed by atoms with van der Waals surface area (Å²) in [5, 5.41) is 16.6. The third-order valence-corrected chi connectivity index (χ3v) is 16.4. The van der Waals surface area contributed by atoms with Crippen LogP contribution >= 0.6 is 11.6 Å². The monoisotopic (exact) mass is 1060 g/mol. The molecule has 3 aliphatic rings. The maximum Gasteiger partial charge on any atom is 0.300 e. The van der Waals surface area contributed by atoms with E-state index in [9.17, 15) is 48.0 Å². The van der Waals surface area contributed by atoms with E-state index in [1.165, 1.54) is 48.5 Å². The van der Waals surface area contributed by atoms with Crippen LogP contribution in [0.25, 0.3) is 38.6 Å². The molecule has 26 heteroatoms. The molecule has 3 aromatic heterocycles. The van der Waals surface area contributed by atoms with Crippen LogP contribution in [0.5, 0.6) is 0 Å². The minimum absolute atomic E-state index is 0.116. The molecule has 2 saturated carbocycles. The van der Waals surface area contributed by atoms with Crippen molar-refractivity contribution in [3.63, 3.8) is 0 Å². The third kappa shape index (κ3) is 8.17. The first-order valence-corrected chi connectivity index (χ1v) is 25.6. The Balaban J connectivity index is 1.21. The molecule has 376 valence electrons. The number of hydrogen-bond acceptors (Lipinski definition) is 10. The molecule has 3 atom stereocenters. The molecule has 3 aliphatic carbocycles. The topological polar surface area (TPSA) is 204 Å². The van der Waals surface area contributed by atoms with Crippen LogP contribution in [0.2, 0.25) is 5.02 Å². The number of fused-ring (bicyclic) bond motifs is 5. The summed E-state index contributed by atoms with van der Waals surface area (Å²) in [4.78, 5) is 34.4. The number of sulfonamides is 1. The Kier molecular flexibility index (Phi) is 11.7. The van der Waals surface area contributed by atoms with Gasteiger partial charge in [0.1, 0.15) is 41.9 Å². The van der Waals surface area contributed by atoms with Crippen molar-refractivity contribution in [1.82, 2.24) is 34.4 Å². The lowest BCUT2D eigenvalue weighted by molar-refractivity contribution is -0.123. The van der Waals surface area contributed by atoms with Gasteiger partial charge in [0.25, 0.3) is 18.4 Å². The highest BCUT2D eigenvalue weighted by atomic mass is 35.5. The van der Waals surface area contributed by atoms with Gasteiger partial charge in [-0.25, -0.2) is 48.2 Å². The van der Waals surface area contributed by atoms with Crippen molar-refractivity contribution in [2.24, 2.45) is 5.41 Å². The fourth-order valence-corrected chi connectivity index (χ4v) is 12.2. The van der Waals surface area contributed by atoms with Crippen molar-refractivity contribution >= 4 is 71.2 Å². The number of amides is 1. The molecule has 72 heavy (non-hydrogen) atoms. The zero-order valence-electron chi connectivity index (χ0n) is 37.0. The molecule has 3 N–H and O–H groups in total. The zero-order valence-corrected chi connectivity index (χ0v) is 39.4. The number of rotatable bonds is 16. The summed E-state index contributed by atoms with van der Waals surface area (Å²) in [7, 11) is -8.02. The first-order chi connectivity index (χ1) is 33.9. The van der Waals surface area contributed by atoms with E-state index in [0.29, 0.717) is 34.5 Å². The van der Waals surface area contributed by atoms with E-state index in [1.807, 2.05) is 0 Å². The first-order valence-electron chi connectivity index (χ1n) is 21.8. The second kappa shape index (κ2) is 17.2. The highest BCUT2D eigenvalue weighted by Gasteiger charge is 2.77. The van der Waals surface area contributed by atoms with Crippen LogP contribution in [0, 0.1) is 22.5 Å². The number of aromatic nitrogens is 6. The highest BCUT2D eigenvalue weighted by Crippen LogP contribution is 2.76. The number of benzene rings is 4. The summed E-state index contributed by atoms with van der Waals surface area (Å²) in [6, 6.07) is 12.7. The third-order valence-electron chi connectivity index (χ3n) is 13.1. The summed E-state index contributed by atoms with van der Waals surface area (Å²) >= 11 is 6.68. The number of sulfone groups is 1. The van der Waals surface area contributed by atoms with Gasteiger partial charge in [0.15, 0.2) is 15.7 Å². The van der Waals surface area contributed by atoms with E-state index in [1.54, 1.807) is 6.07 Å². The van der Waals surface area contributed by atoms with Crippen molar-refractivity contribution in [1.29, 1.82) is 5.41 Å². The van der Waals surface area contributed by atoms with Crippen LogP contribution in [-0.4, -0.2) is 76.0 Å². The molecule has 0 radical (unpaired) electrons. The van der Waals surface area contributed by atoms with Crippen molar-refractivity contribution < 1.29 is 56.8 Å². The van der Waals surface area contributed by atoms with Gasteiger partial charge < -0.3 is 10.7 Å². The van der Waals surface area contributed by atoms with Gasteiger partial charge in [-0.15, -0.1) is 0 Å². The molecule has 3 heterocycles. The van der Waals surface area contributed by atoms with Crippen LogP contribution in [0.4, 0.5) is 40.9 Å². The number of carbonyl (C=O) groups is 1. The van der Waals surface area contributed by atoms with Gasteiger partial charge in [-0.2, -0.15) is 19.0 Å². The van der Waals surface area contributed by atoms with E-state index >= 15 is 13.6 Å². The van der Waals surface area contributed by atoms with Crippen LogP contribution < -0.4 is 15.6 Å². The maximum absolute atomic E-state index is 16.1. The highest BCUT2D eigenvalue weighted by molar-refractivity contribution is 7.93. The van der Waals surface area contributed by atoms with Gasteiger partial charge in [-0.3, -0.25) is 28.2 Å². The van der Waals surface area contributed by atoms with Crippen molar-refractivity contribution in [3.05, 3.63) is 128 Å². The van der Waals surface area contributed by atoms with Crippen LogP contribution in [0.1, 0.15) is 66.0 Å². The lowest BCUT2D eigenvalue weighted by Gasteiger charge is -2.25. The van der Waals surface area contributed by atoms with E-state index in [4.69, 9.17) is 22.0 Å². The molecule has 7 aromatic rings. The standard InChI is InChI=1S/C46H36ClF8N9O6S2/c1-71(67,68)33-5-3-2-4-26(33)22-6-9-27-30(15-22)58-43(64(44(27)66)32-11-10-29(47)37-39(32)62(18-34(50)51)60-42(37)61-72(69,70)25-7-8-25)31(14-21-12-23(48)16-24(49)13-21)57-35(65)19-63-40-36(38(59-63)41(52)53)28-17-45(28,20-56)46(40,54)55/h2-6,9-13,15-16,20,25,28,31,34,41,56H,7-8,14,17-19H2,1H3,(H,57,65)(H,60,61)/t28?,31-,45?/m0/s1. The lowest BCUT2D eigenvalue weighted by atomic mass is 10.0. The Morgan fingerprint density at radius 1 is 0.958 bits per heavy atom. The van der Waals surface area contributed by atoms with E-state index in [2.05, 4.69) is 20.2 Å². The molecular weight excluding hydrogens is 1030 g/mol. The number of hydrogen-bond donors (Lipinski definition) is 3. The summed E-state index contributed by atoms with van der Waals surface area (Å²) in [5.41, 5.74) is -6.45. The summed E-state index contributed by atoms with van der Waals surface area (Å²) < 4.78 is 176. The molecule has 0 saturated heterocycles. The fraction of sp³-hybridized carbons (Fsp3) is 0.304. The summed E-state index contributed by atoms with van der Waals surface area (Å²) in [5.74, 6) is -9.61. The molecular formula is C46H36ClF8N9O6S2. The first kappa shape index (κ1) is 48.9. The summed E-state index contributed by atoms with van der Waals surface area (Å²) in [6.07, 6.45) is -5.49. The molecule has 0 bridgehead atoms. The van der Waals surface area contributed by atoms with Crippen LogP contribution in [0.15, 0.2) is 82.5 Å². The predicted octanol–water partition coefficient (Wildman–Crippen LogP) is 8.37. The number of nitrogens with zero attached hydrogens (tertiary/aromatic N) is 6. The van der Waals surface area contributed by atoms with Crippen molar-refractivity contribution in [2.45, 2.75) is 79.7 Å². The lowest BCUT2D eigenvalue weighted by Crippen LogP contribution is -2.38. The van der Waals surface area contributed by atoms with Gasteiger partial charge >= 0.3 is 5.92 Å². The normalized spacial score (nSPS) is 18.7. The molecule has 0 spiro atoms. The SMILES string of the molecule is CS(=O)(=O)c1ccccc1-c1ccc2c(=O)n(-c3ccc(Cl)c4c(NS(=O)(=O)C5CC5)nn(CC(F)F)c34)c([C@H](Cc3cc(F)cc(F)c3)NC(=O)Cn3nc(C(F)F)c4c3C(F)(F)C3(C=N)CC43)nc2c1. The largest absolute Gasteiger partial charge is 0.344 e. The fourth-order valence-electron chi connectivity index (χ4n) is 9.69. The Bertz CT molecular complexity index is 3730. The minimum atomic E-state index is -4.15. The number of alkyl halides is 6. The number of carbonyl (C=O) groups excluding carboxylic acids is 1. The van der Waals surface area contributed by atoms with Crippen LogP contribution in [0.3, 0.4) is 0 Å². The van der Waals surface area contributed by atoms with Gasteiger partial charge in [0, 0.05) is 42.0 Å². The summed E-state index contributed by atoms with van der Waals surface area (Å²) in [6.45, 7) is -2.40. The van der Waals surface area contributed by atoms with E-state index in [-0.39, 0.29) is 60.5 Å². The molecule has 2 unspecified atom stereocenters. The van der Waals surface area contributed by atoms with Gasteiger partial charge in [-0.1, -0.05) is 35.9 Å². The van der Waals surface area contributed by atoms with Crippen LogP contribution in [-0.2, 0) is 50.1 Å². The smallest absolute Gasteiger partial charge is 0.300 e. The molecule has 1 amide bonds. The minimum Gasteiger partial charge on any atom is -0.344 e. The Labute approximate surface area is 407 Å². The molecule has 0 aliphatic heterocycles. The second-order valence-corrected chi connectivity index (χ2v) is 22.2. The zero-order chi connectivity index (χ0) is 51.6. The molecule has 4 aromatic carbocycles. The van der Waals surface area contributed by atoms with Gasteiger partial charge in [0.2, 0.25) is 15.9 Å². The quantitative estimate of drug-likeness (QED) is 0.0628. The Morgan fingerprint density at radius 3 is 2.32 bits per heavy atom. The Morgan fingerprint density at radius 2 is 1.67 bits per heavy atom. The molecule has 2 fully saturated rings. The Hall–Kier alpha value is -6.73. The maximum atomic E-state index is 16.1. The van der Waals surface area contributed by atoms with Gasteiger partial charge in [0.05, 0.1) is 54.1 Å². The number of halogens is 9. The average Bonchev–Trinajstić information content (AvgIpc) is 4.21. The average molecular weight is 1060 g/mol. The van der Waals surface area contributed by atoms with Crippen molar-refractivity contribution in [3.8, 4) is 16.8 Å². The van der Waals surface area contributed by atoms with E-state index in [0.717, 1.165) is 23.0 Å². The van der Waals surface area contributed by atoms with Gasteiger partial charge in [-0.05, 0) is 72.9 Å². The molecule has 15 nitrogen and oxygen atoms in total. The second-order valence-electron chi connectivity index (χ2n) is 17.9. The predicted molar refractivity (Wildman–Crippen MR) is 246 cm³/mol.